The van der Waals surface area contributed by atoms with Crippen LogP contribution in [0.1, 0.15) is 25.5 Å². The van der Waals surface area contributed by atoms with Crippen LogP contribution < -0.4 is 9.47 Å². The second-order valence-electron chi connectivity index (χ2n) is 6.29. The molecule has 0 radical (unpaired) electrons. The van der Waals surface area contributed by atoms with E-state index in [-0.39, 0.29) is 6.23 Å². The van der Waals surface area contributed by atoms with Crippen LogP contribution in [0.5, 0.6) is 11.5 Å². The Morgan fingerprint density at radius 3 is 2.48 bits per heavy atom. The van der Waals surface area contributed by atoms with Crippen molar-refractivity contribution < 1.29 is 14.2 Å². The summed E-state index contributed by atoms with van der Waals surface area (Å²) in [7, 11) is 3.33. The molecule has 0 aliphatic carbocycles. The quantitative estimate of drug-likeness (QED) is 0.706. The van der Waals surface area contributed by atoms with Crippen molar-refractivity contribution in [3.8, 4) is 22.6 Å². The minimum absolute atomic E-state index is 0.0290. The van der Waals surface area contributed by atoms with Crippen LogP contribution in [0.15, 0.2) is 42.6 Å². The Kier molecular flexibility index (Phi) is 4.32. The van der Waals surface area contributed by atoms with Crippen LogP contribution in [0.3, 0.4) is 0 Å². The first kappa shape index (κ1) is 16.0. The summed E-state index contributed by atoms with van der Waals surface area (Å²) in [5.74, 6) is 1.55. The van der Waals surface area contributed by atoms with E-state index in [1.54, 1.807) is 14.2 Å². The van der Waals surface area contributed by atoms with Crippen molar-refractivity contribution in [1.29, 1.82) is 0 Å². The Bertz CT molecular complexity index is 860. The molecule has 0 bridgehead atoms. The highest BCUT2D eigenvalue weighted by Gasteiger charge is 2.18. The van der Waals surface area contributed by atoms with Crippen LogP contribution in [0.4, 0.5) is 0 Å². The fraction of sp³-hybridized carbons (Fsp3) is 0.350. The highest BCUT2D eigenvalue weighted by atomic mass is 16.5. The third-order valence-electron chi connectivity index (χ3n) is 4.71. The molecule has 3 aromatic rings. The van der Waals surface area contributed by atoms with Crippen LogP contribution in [0.2, 0.25) is 0 Å². The van der Waals surface area contributed by atoms with Crippen LogP contribution in [-0.4, -0.2) is 30.6 Å². The lowest BCUT2D eigenvalue weighted by Crippen LogP contribution is -2.18. The maximum atomic E-state index is 5.91. The predicted octanol–water partition coefficient (Wildman–Crippen LogP) is 4.42. The highest BCUT2D eigenvalue weighted by molar-refractivity contribution is 5.85. The zero-order valence-electron chi connectivity index (χ0n) is 14.6. The SMILES string of the molecule is COc1cc(OC)cc(-c2ccc3cnn(C4CCCCO4)c3c2)c1. The van der Waals surface area contributed by atoms with Gasteiger partial charge in [-0.1, -0.05) is 12.1 Å². The van der Waals surface area contributed by atoms with Gasteiger partial charge in [0.2, 0.25) is 0 Å². The molecule has 0 spiro atoms. The lowest BCUT2D eigenvalue weighted by atomic mass is 10.0. The first-order valence-electron chi connectivity index (χ1n) is 8.61. The van der Waals surface area contributed by atoms with E-state index < -0.39 is 0 Å². The number of fused-ring (bicyclic) bond motifs is 1. The Morgan fingerprint density at radius 2 is 1.80 bits per heavy atom. The maximum absolute atomic E-state index is 5.91. The maximum Gasteiger partial charge on any atom is 0.150 e. The number of hydrogen-bond donors (Lipinski definition) is 0. The number of nitrogens with zero attached hydrogens (tertiary/aromatic N) is 2. The Labute approximate surface area is 147 Å². The second-order valence-corrected chi connectivity index (χ2v) is 6.29. The van der Waals surface area contributed by atoms with Gasteiger partial charge in [0, 0.05) is 18.1 Å². The van der Waals surface area contributed by atoms with E-state index in [0.29, 0.717) is 0 Å². The van der Waals surface area contributed by atoms with E-state index in [1.807, 2.05) is 29.1 Å². The summed E-state index contributed by atoms with van der Waals surface area (Å²) >= 11 is 0. The number of rotatable bonds is 4. The molecule has 0 N–H and O–H groups in total. The van der Waals surface area contributed by atoms with Crippen LogP contribution in [-0.2, 0) is 4.74 Å². The molecule has 1 aromatic heterocycles. The molecule has 1 fully saturated rings. The van der Waals surface area contributed by atoms with Gasteiger partial charge in [0.05, 0.1) is 25.9 Å². The Balaban J connectivity index is 1.78. The topological polar surface area (TPSA) is 45.5 Å². The lowest BCUT2D eigenvalue weighted by Gasteiger charge is -2.23. The van der Waals surface area contributed by atoms with E-state index in [9.17, 15) is 0 Å². The van der Waals surface area contributed by atoms with Crippen LogP contribution >= 0.6 is 0 Å². The molecular weight excluding hydrogens is 316 g/mol. The standard InChI is InChI=1S/C20H22N2O3/c1-23-17-9-16(10-18(12-17)24-2)14-6-7-15-13-21-22(19(15)11-14)20-5-3-4-8-25-20/h6-7,9-13,20H,3-5,8H2,1-2H3. The monoisotopic (exact) mass is 338 g/mol. The van der Waals surface area contributed by atoms with Crippen molar-refractivity contribution in [3.05, 3.63) is 42.6 Å². The summed E-state index contributed by atoms with van der Waals surface area (Å²) < 4.78 is 18.7. The summed E-state index contributed by atoms with van der Waals surface area (Å²) in [6, 6.07) is 12.3. The molecule has 5 nitrogen and oxygen atoms in total. The normalized spacial score (nSPS) is 17.6. The fourth-order valence-corrected chi connectivity index (χ4v) is 3.34. The van der Waals surface area contributed by atoms with E-state index in [2.05, 4.69) is 23.3 Å². The van der Waals surface area contributed by atoms with Gasteiger partial charge in [-0.3, -0.25) is 0 Å². The molecular formula is C20H22N2O3. The van der Waals surface area contributed by atoms with Gasteiger partial charge in [-0.05, 0) is 48.6 Å². The zero-order valence-corrected chi connectivity index (χ0v) is 14.6. The minimum Gasteiger partial charge on any atom is -0.497 e. The molecule has 1 aliphatic heterocycles. The minimum atomic E-state index is 0.0290. The second kappa shape index (κ2) is 6.76. The molecule has 1 aliphatic rings. The number of hydrogen-bond acceptors (Lipinski definition) is 4. The van der Waals surface area contributed by atoms with Gasteiger partial charge in [0.15, 0.2) is 6.23 Å². The molecule has 25 heavy (non-hydrogen) atoms. The van der Waals surface area contributed by atoms with Gasteiger partial charge in [-0.15, -0.1) is 0 Å². The zero-order chi connectivity index (χ0) is 17.2. The van der Waals surface area contributed by atoms with Gasteiger partial charge < -0.3 is 14.2 Å². The third kappa shape index (κ3) is 3.07. The van der Waals surface area contributed by atoms with Crippen molar-refractivity contribution in [3.63, 3.8) is 0 Å². The average Bonchev–Trinajstić information content (AvgIpc) is 3.11. The highest BCUT2D eigenvalue weighted by Crippen LogP contribution is 2.33. The molecule has 0 saturated carbocycles. The number of ether oxygens (including phenoxy) is 3. The van der Waals surface area contributed by atoms with Crippen molar-refractivity contribution in [2.75, 3.05) is 20.8 Å². The van der Waals surface area contributed by atoms with Crippen molar-refractivity contribution in [1.82, 2.24) is 9.78 Å². The van der Waals surface area contributed by atoms with Crippen molar-refractivity contribution in [2.45, 2.75) is 25.5 Å². The van der Waals surface area contributed by atoms with E-state index in [0.717, 1.165) is 53.0 Å². The van der Waals surface area contributed by atoms with Crippen LogP contribution in [0, 0.1) is 0 Å². The molecule has 2 heterocycles. The molecule has 2 aromatic carbocycles. The largest absolute Gasteiger partial charge is 0.497 e. The molecule has 1 atom stereocenters. The van der Waals surface area contributed by atoms with Crippen LogP contribution in [0.25, 0.3) is 22.0 Å². The molecule has 4 rings (SSSR count). The summed E-state index contributed by atoms with van der Waals surface area (Å²) in [6.07, 6.45) is 5.25. The molecule has 0 amide bonds. The molecule has 1 saturated heterocycles. The molecule has 130 valence electrons. The van der Waals surface area contributed by atoms with Gasteiger partial charge >= 0.3 is 0 Å². The Morgan fingerprint density at radius 1 is 1.00 bits per heavy atom. The summed E-state index contributed by atoms with van der Waals surface area (Å²) in [6.45, 7) is 0.804. The average molecular weight is 338 g/mol. The van der Waals surface area contributed by atoms with Gasteiger partial charge in [0.1, 0.15) is 11.5 Å². The van der Waals surface area contributed by atoms with E-state index in [4.69, 9.17) is 14.2 Å². The smallest absolute Gasteiger partial charge is 0.150 e. The Hall–Kier alpha value is -2.53. The molecule has 1 unspecified atom stereocenters. The molecule has 5 heteroatoms. The summed E-state index contributed by atoms with van der Waals surface area (Å²) in [5, 5.41) is 5.68. The van der Waals surface area contributed by atoms with Gasteiger partial charge in [0.25, 0.3) is 0 Å². The first-order chi connectivity index (χ1) is 12.3. The summed E-state index contributed by atoms with van der Waals surface area (Å²) in [4.78, 5) is 0. The van der Waals surface area contributed by atoms with Gasteiger partial charge in [-0.2, -0.15) is 5.10 Å². The summed E-state index contributed by atoms with van der Waals surface area (Å²) in [5.41, 5.74) is 3.24. The number of aromatic nitrogens is 2. The van der Waals surface area contributed by atoms with Crippen molar-refractivity contribution in [2.24, 2.45) is 0 Å². The van der Waals surface area contributed by atoms with E-state index >= 15 is 0 Å². The third-order valence-corrected chi connectivity index (χ3v) is 4.71. The van der Waals surface area contributed by atoms with E-state index in [1.165, 1.54) is 6.42 Å². The first-order valence-corrected chi connectivity index (χ1v) is 8.61. The van der Waals surface area contributed by atoms with Crippen molar-refractivity contribution >= 4 is 10.9 Å². The fourth-order valence-electron chi connectivity index (χ4n) is 3.34. The van der Waals surface area contributed by atoms with Gasteiger partial charge in [-0.25, -0.2) is 4.68 Å². The number of benzene rings is 2. The lowest BCUT2D eigenvalue weighted by molar-refractivity contribution is -0.0366. The number of methoxy groups -OCH3 is 2. The predicted molar refractivity (Wildman–Crippen MR) is 97.1 cm³/mol.